The van der Waals surface area contributed by atoms with Gasteiger partial charge in [-0.25, -0.2) is 4.39 Å². The molecule has 0 saturated heterocycles. The summed E-state index contributed by atoms with van der Waals surface area (Å²) in [5.41, 5.74) is 0.748. The minimum atomic E-state index is -0.321. The first-order valence-corrected chi connectivity index (χ1v) is 8.87. The van der Waals surface area contributed by atoms with Crippen molar-refractivity contribution in [3.8, 4) is 0 Å². The maximum absolute atomic E-state index is 12.9. The van der Waals surface area contributed by atoms with Crippen LogP contribution in [0.2, 0.25) is 0 Å². The van der Waals surface area contributed by atoms with Crippen molar-refractivity contribution in [2.45, 2.75) is 32.1 Å². The molecule has 1 amide bonds. The maximum atomic E-state index is 12.9. The van der Waals surface area contributed by atoms with Crippen LogP contribution in [0.5, 0.6) is 0 Å². The van der Waals surface area contributed by atoms with Crippen LogP contribution in [0.4, 0.5) is 4.39 Å². The number of halogens is 2. The van der Waals surface area contributed by atoms with Crippen LogP contribution in [0.3, 0.4) is 0 Å². The normalized spacial score (nSPS) is 15.9. The lowest BCUT2D eigenvalue weighted by Gasteiger charge is -2.31. The molecule has 1 aliphatic carbocycles. The molecule has 0 atom stereocenters. The number of hydrogen-bond donors (Lipinski definition) is 2. The summed E-state index contributed by atoms with van der Waals surface area (Å²) in [5, 5.41) is 6.58. The van der Waals surface area contributed by atoms with E-state index in [-0.39, 0.29) is 41.1 Å². The van der Waals surface area contributed by atoms with Crippen LogP contribution in [0.15, 0.2) is 29.3 Å². The molecule has 7 heteroatoms. The highest BCUT2D eigenvalue weighted by Gasteiger charge is 2.42. The lowest BCUT2D eigenvalue weighted by molar-refractivity contribution is -0.138. The number of amides is 1. The van der Waals surface area contributed by atoms with Crippen LogP contribution in [0.1, 0.15) is 31.2 Å². The topological polar surface area (TPSA) is 56.7 Å². The molecule has 2 N–H and O–H groups in total. The zero-order chi connectivity index (χ0) is 18.3. The van der Waals surface area contributed by atoms with Crippen LogP contribution in [0, 0.1) is 11.2 Å². The average molecular weight is 476 g/mol. The third-order valence-electron chi connectivity index (χ3n) is 4.86. The maximum Gasteiger partial charge on any atom is 0.230 e. The minimum Gasteiger partial charge on any atom is -0.356 e. The summed E-state index contributed by atoms with van der Waals surface area (Å²) in [4.78, 5) is 18.5. The number of benzene rings is 1. The van der Waals surface area contributed by atoms with E-state index in [9.17, 15) is 9.18 Å². The van der Waals surface area contributed by atoms with E-state index >= 15 is 0 Å². The predicted molar refractivity (Wildman–Crippen MR) is 114 cm³/mol. The summed E-state index contributed by atoms with van der Waals surface area (Å²) in [6.45, 7) is 1.29. The van der Waals surface area contributed by atoms with Gasteiger partial charge in [-0.1, -0.05) is 25.0 Å². The summed E-state index contributed by atoms with van der Waals surface area (Å²) in [7, 11) is 5.36. The highest BCUT2D eigenvalue weighted by atomic mass is 127. The summed E-state index contributed by atoms with van der Waals surface area (Å²) in [6, 6.07) is 6.52. The molecule has 146 valence electrons. The number of carbonyl (C=O) groups is 1. The number of guanidine groups is 1. The Morgan fingerprint density at radius 3 is 2.35 bits per heavy atom. The molecular weight excluding hydrogens is 446 g/mol. The lowest BCUT2D eigenvalue weighted by atomic mass is 9.84. The Bertz CT molecular complexity index is 598. The molecule has 1 aromatic rings. The lowest BCUT2D eigenvalue weighted by Crippen LogP contribution is -2.49. The van der Waals surface area contributed by atoms with Gasteiger partial charge in [-0.05, 0) is 37.0 Å². The second-order valence-corrected chi connectivity index (χ2v) is 6.92. The zero-order valence-electron chi connectivity index (χ0n) is 15.8. The average Bonchev–Trinajstić information content (AvgIpc) is 3.08. The van der Waals surface area contributed by atoms with Crippen LogP contribution < -0.4 is 10.6 Å². The van der Waals surface area contributed by atoms with Gasteiger partial charge in [-0.3, -0.25) is 9.79 Å². The fraction of sp³-hybridized carbons (Fsp3) is 0.579. The minimum absolute atomic E-state index is 0. The molecule has 0 radical (unpaired) electrons. The first-order valence-electron chi connectivity index (χ1n) is 8.87. The van der Waals surface area contributed by atoms with E-state index in [2.05, 4.69) is 15.6 Å². The summed E-state index contributed by atoms with van der Waals surface area (Å²) in [5.74, 6) is 0.667. The monoisotopic (exact) mass is 476 g/mol. The number of nitrogens with one attached hydrogen (secondary N) is 2. The Morgan fingerprint density at radius 2 is 1.81 bits per heavy atom. The second kappa shape index (κ2) is 10.7. The first kappa shape index (κ1) is 22.7. The van der Waals surface area contributed by atoms with E-state index < -0.39 is 0 Å². The van der Waals surface area contributed by atoms with Gasteiger partial charge in [0.15, 0.2) is 5.96 Å². The van der Waals surface area contributed by atoms with Crippen molar-refractivity contribution in [2.24, 2.45) is 10.4 Å². The second-order valence-electron chi connectivity index (χ2n) is 6.92. The van der Waals surface area contributed by atoms with E-state index in [1.54, 1.807) is 24.1 Å². The van der Waals surface area contributed by atoms with Gasteiger partial charge in [0, 0.05) is 34.2 Å². The standard InChI is InChI=1S/C19H29FN4O.HI/c1-21-18(22-13-10-15-6-8-16(20)9-7-15)23-14-19(11-4-5-12-19)17(25)24(2)3;/h6-9H,4-5,10-14H2,1-3H3,(H2,21,22,23);1H. The first-order chi connectivity index (χ1) is 12.0. The van der Waals surface area contributed by atoms with Gasteiger partial charge in [0.1, 0.15) is 5.82 Å². The van der Waals surface area contributed by atoms with Gasteiger partial charge in [0.05, 0.1) is 5.41 Å². The Labute approximate surface area is 172 Å². The molecular formula is C19H30FIN4O. The fourth-order valence-electron chi connectivity index (χ4n) is 3.44. The van der Waals surface area contributed by atoms with Crippen molar-refractivity contribution < 1.29 is 9.18 Å². The molecule has 1 aromatic carbocycles. The van der Waals surface area contributed by atoms with Crippen LogP contribution in [-0.2, 0) is 11.2 Å². The number of nitrogens with zero attached hydrogens (tertiary/aromatic N) is 2. The van der Waals surface area contributed by atoms with Crippen molar-refractivity contribution in [1.29, 1.82) is 0 Å². The third-order valence-corrected chi connectivity index (χ3v) is 4.86. The largest absolute Gasteiger partial charge is 0.356 e. The van der Waals surface area contributed by atoms with E-state index in [4.69, 9.17) is 0 Å². The molecule has 26 heavy (non-hydrogen) atoms. The Balaban J connectivity index is 0.00000338. The van der Waals surface area contributed by atoms with Crippen molar-refractivity contribution in [3.05, 3.63) is 35.6 Å². The highest BCUT2D eigenvalue weighted by molar-refractivity contribution is 14.0. The van der Waals surface area contributed by atoms with Gasteiger partial charge in [0.25, 0.3) is 0 Å². The number of aliphatic imine (C=N–C) groups is 1. The SMILES string of the molecule is CN=C(NCCc1ccc(F)cc1)NCC1(C(=O)N(C)C)CCCC1.I. The van der Waals surface area contributed by atoms with Crippen molar-refractivity contribution >= 4 is 35.8 Å². The molecule has 0 aromatic heterocycles. The molecule has 0 spiro atoms. The Morgan fingerprint density at radius 1 is 1.19 bits per heavy atom. The van der Waals surface area contributed by atoms with E-state index in [0.717, 1.165) is 37.7 Å². The highest BCUT2D eigenvalue weighted by Crippen LogP contribution is 2.38. The molecule has 5 nitrogen and oxygen atoms in total. The molecule has 1 aliphatic rings. The number of carbonyl (C=O) groups excluding carboxylic acids is 1. The molecule has 0 heterocycles. The van der Waals surface area contributed by atoms with Gasteiger partial charge < -0.3 is 15.5 Å². The fourth-order valence-corrected chi connectivity index (χ4v) is 3.44. The van der Waals surface area contributed by atoms with Crippen molar-refractivity contribution in [1.82, 2.24) is 15.5 Å². The zero-order valence-corrected chi connectivity index (χ0v) is 18.2. The molecule has 0 aliphatic heterocycles. The molecule has 0 unspecified atom stereocenters. The molecule has 2 rings (SSSR count). The summed E-state index contributed by atoms with van der Waals surface area (Å²) in [6.07, 6.45) is 4.81. The van der Waals surface area contributed by atoms with Gasteiger partial charge in [0.2, 0.25) is 5.91 Å². The van der Waals surface area contributed by atoms with E-state index in [0.29, 0.717) is 19.0 Å². The summed E-state index contributed by atoms with van der Waals surface area (Å²) < 4.78 is 12.9. The van der Waals surface area contributed by atoms with Crippen LogP contribution in [0.25, 0.3) is 0 Å². The third kappa shape index (κ3) is 6.10. The van der Waals surface area contributed by atoms with Gasteiger partial charge in [-0.2, -0.15) is 0 Å². The number of rotatable bonds is 6. The summed E-state index contributed by atoms with van der Waals surface area (Å²) >= 11 is 0. The predicted octanol–water partition coefficient (Wildman–Crippen LogP) is 2.80. The van der Waals surface area contributed by atoms with Crippen molar-refractivity contribution in [2.75, 3.05) is 34.2 Å². The van der Waals surface area contributed by atoms with Gasteiger partial charge >= 0.3 is 0 Å². The van der Waals surface area contributed by atoms with Crippen molar-refractivity contribution in [3.63, 3.8) is 0 Å². The smallest absolute Gasteiger partial charge is 0.230 e. The van der Waals surface area contributed by atoms with Crippen LogP contribution >= 0.6 is 24.0 Å². The van der Waals surface area contributed by atoms with Crippen LogP contribution in [-0.4, -0.2) is 51.0 Å². The molecule has 1 saturated carbocycles. The Kier molecular flexibility index (Phi) is 9.32. The number of hydrogen-bond acceptors (Lipinski definition) is 2. The van der Waals surface area contributed by atoms with E-state index in [1.165, 1.54) is 12.1 Å². The quantitative estimate of drug-likeness (QED) is 0.377. The Hall–Kier alpha value is -1.38. The van der Waals surface area contributed by atoms with E-state index in [1.807, 2.05) is 14.1 Å². The van der Waals surface area contributed by atoms with Gasteiger partial charge in [-0.15, -0.1) is 24.0 Å². The molecule has 1 fully saturated rings. The molecule has 0 bridgehead atoms.